The number of fused-ring (bicyclic) bond motifs is 1. The first-order chi connectivity index (χ1) is 13.6. The van der Waals surface area contributed by atoms with Gasteiger partial charge in [-0.15, -0.1) is 11.3 Å². The minimum absolute atomic E-state index is 0.108. The van der Waals surface area contributed by atoms with Gasteiger partial charge < -0.3 is 15.2 Å². The third-order valence-electron chi connectivity index (χ3n) is 5.49. The van der Waals surface area contributed by atoms with E-state index in [1.54, 1.807) is 11.3 Å². The van der Waals surface area contributed by atoms with Gasteiger partial charge in [0.2, 0.25) is 5.91 Å². The predicted octanol–water partition coefficient (Wildman–Crippen LogP) is 2.80. The van der Waals surface area contributed by atoms with Crippen LogP contribution in [0.5, 0.6) is 0 Å². The van der Waals surface area contributed by atoms with E-state index < -0.39 is 0 Å². The fourth-order valence-corrected chi connectivity index (χ4v) is 4.62. The fraction of sp³-hybridized carbons (Fsp3) is 0.429. The number of nitrogens with one attached hydrogen (secondary N) is 2. The number of amides is 1. The number of nitrogens with zero attached hydrogens (tertiary/aromatic N) is 3. The number of piperazine rings is 1. The molecule has 0 saturated carbocycles. The lowest BCUT2D eigenvalue weighted by Crippen LogP contribution is -2.54. The summed E-state index contributed by atoms with van der Waals surface area (Å²) in [5, 5.41) is 7.52. The molecule has 4 rings (SSSR count). The Hall–Kier alpha value is -2.38. The van der Waals surface area contributed by atoms with Crippen molar-refractivity contribution in [3.05, 3.63) is 47.1 Å². The lowest BCUT2D eigenvalue weighted by atomic mass is 10.1. The lowest BCUT2D eigenvalue weighted by Gasteiger charge is -2.37. The van der Waals surface area contributed by atoms with Crippen molar-refractivity contribution in [1.29, 1.82) is 0 Å². The van der Waals surface area contributed by atoms with Crippen LogP contribution in [-0.2, 0) is 11.2 Å². The van der Waals surface area contributed by atoms with E-state index in [1.165, 1.54) is 10.9 Å². The predicted molar refractivity (Wildman–Crippen MR) is 115 cm³/mol. The smallest absolute Gasteiger partial charge is 0.237 e. The van der Waals surface area contributed by atoms with Gasteiger partial charge in [-0.1, -0.05) is 18.2 Å². The van der Waals surface area contributed by atoms with Gasteiger partial charge >= 0.3 is 0 Å². The number of para-hydroxylation sites is 1. The molecule has 1 aliphatic heterocycles. The van der Waals surface area contributed by atoms with E-state index in [0.717, 1.165) is 48.9 Å². The fourth-order valence-electron chi connectivity index (χ4n) is 3.76. The minimum Gasteiger partial charge on any atom is -0.361 e. The van der Waals surface area contributed by atoms with Gasteiger partial charge in [0.05, 0.1) is 11.7 Å². The van der Waals surface area contributed by atoms with E-state index >= 15 is 0 Å². The molecule has 1 aromatic carbocycles. The first kappa shape index (κ1) is 19.0. The average Bonchev–Trinajstić information content (AvgIpc) is 3.34. The number of aromatic amines is 1. The molecule has 0 bridgehead atoms. The highest BCUT2D eigenvalue weighted by atomic mass is 32.1. The second kappa shape index (κ2) is 8.32. The molecule has 1 unspecified atom stereocenters. The Morgan fingerprint density at radius 2 is 2.07 bits per heavy atom. The largest absolute Gasteiger partial charge is 0.361 e. The zero-order valence-corrected chi connectivity index (χ0v) is 17.3. The van der Waals surface area contributed by atoms with Crippen LogP contribution in [0.4, 0.5) is 5.13 Å². The SMILES string of the molecule is Cc1csc(N2CCN(C(C)C(=O)NCCc3c[nH]c4ccccc34)CC2)n1. The second-order valence-electron chi connectivity index (χ2n) is 7.37. The topological polar surface area (TPSA) is 64.3 Å². The van der Waals surface area contributed by atoms with Gasteiger partial charge in [0.15, 0.2) is 5.13 Å². The van der Waals surface area contributed by atoms with Crippen molar-refractivity contribution in [1.82, 2.24) is 20.2 Å². The molecule has 28 heavy (non-hydrogen) atoms. The molecular weight excluding hydrogens is 370 g/mol. The van der Waals surface area contributed by atoms with E-state index in [-0.39, 0.29) is 11.9 Å². The minimum atomic E-state index is -0.108. The molecule has 1 atom stereocenters. The summed E-state index contributed by atoms with van der Waals surface area (Å²) in [5.74, 6) is 0.110. The van der Waals surface area contributed by atoms with Crippen molar-refractivity contribution in [3.63, 3.8) is 0 Å². The van der Waals surface area contributed by atoms with Crippen molar-refractivity contribution in [3.8, 4) is 0 Å². The standard InChI is InChI=1S/C21H27N5OS/c1-15-14-28-21(24-15)26-11-9-25(10-12-26)16(2)20(27)22-8-7-17-13-23-19-6-4-3-5-18(17)19/h3-6,13-14,16,23H,7-12H2,1-2H3,(H,22,27). The number of aromatic nitrogens is 2. The zero-order valence-electron chi connectivity index (χ0n) is 16.4. The second-order valence-corrected chi connectivity index (χ2v) is 8.21. The summed E-state index contributed by atoms with van der Waals surface area (Å²) >= 11 is 1.70. The van der Waals surface area contributed by atoms with Crippen molar-refractivity contribution >= 4 is 33.3 Å². The molecule has 0 spiro atoms. The van der Waals surface area contributed by atoms with Crippen LogP contribution in [0.15, 0.2) is 35.8 Å². The van der Waals surface area contributed by atoms with E-state index in [1.807, 2.05) is 32.2 Å². The lowest BCUT2D eigenvalue weighted by molar-refractivity contribution is -0.125. The summed E-state index contributed by atoms with van der Waals surface area (Å²) < 4.78 is 0. The van der Waals surface area contributed by atoms with Crippen LogP contribution in [0.1, 0.15) is 18.2 Å². The summed E-state index contributed by atoms with van der Waals surface area (Å²) in [7, 11) is 0. The third-order valence-corrected chi connectivity index (χ3v) is 6.51. The molecule has 0 aliphatic carbocycles. The number of carbonyl (C=O) groups excluding carboxylic acids is 1. The molecular formula is C21H27N5OS. The maximum Gasteiger partial charge on any atom is 0.237 e. The Bertz CT molecular complexity index is 941. The maximum absolute atomic E-state index is 12.6. The molecule has 2 aromatic heterocycles. The summed E-state index contributed by atoms with van der Waals surface area (Å²) in [6, 6.07) is 8.17. The van der Waals surface area contributed by atoms with Crippen LogP contribution < -0.4 is 10.2 Å². The molecule has 1 saturated heterocycles. The van der Waals surface area contributed by atoms with Gasteiger partial charge in [0, 0.05) is 55.2 Å². The number of H-pyrrole nitrogens is 1. The Balaban J connectivity index is 1.25. The summed E-state index contributed by atoms with van der Waals surface area (Å²) in [6.07, 6.45) is 2.87. The molecule has 148 valence electrons. The number of hydrogen-bond donors (Lipinski definition) is 2. The average molecular weight is 398 g/mol. The number of thiazole rings is 1. The van der Waals surface area contributed by atoms with Crippen LogP contribution in [-0.4, -0.2) is 59.5 Å². The normalized spacial score (nSPS) is 16.4. The molecule has 3 heterocycles. The Kier molecular flexibility index (Phi) is 5.64. The van der Waals surface area contributed by atoms with Gasteiger partial charge in [-0.25, -0.2) is 4.98 Å². The van der Waals surface area contributed by atoms with E-state index in [2.05, 4.69) is 42.6 Å². The third kappa shape index (κ3) is 4.05. The monoisotopic (exact) mass is 397 g/mol. The first-order valence-electron chi connectivity index (χ1n) is 9.85. The molecule has 1 amide bonds. The van der Waals surface area contributed by atoms with Gasteiger partial charge in [-0.2, -0.15) is 0 Å². The maximum atomic E-state index is 12.6. The highest BCUT2D eigenvalue weighted by Crippen LogP contribution is 2.22. The molecule has 1 aliphatic rings. The summed E-state index contributed by atoms with van der Waals surface area (Å²) in [4.78, 5) is 25.0. The highest BCUT2D eigenvalue weighted by Gasteiger charge is 2.26. The number of anilines is 1. The molecule has 0 radical (unpaired) electrons. The summed E-state index contributed by atoms with van der Waals surface area (Å²) in [6.45, 7) is 8.29. The van der Waals surface area contributed by atoms with Crippen molar-refractivity contribution in [2.45, 2.75) is 26.3 Å². The number of benzene rings is 1. The Morgan fingerprint density at radius 3 is 2.82 bits per heavy atom. The van der Waals surface area contributed by atoms with E-state index in [0.29, 0.717) is 6.54 Å². The molecule has 7 heteroatoms. The molecule has 3 aromatic rings. The first-order valence-corrected chi connectivity index (χ1v) is 10.7. The van der Waals surface area contributed by atoms with Crippen LogP contribution in [0, 0.1) is 6.92 Å². The van der Waals surface area contributed by atoms with Crippen molar-refractivity contribution in [2.24, 2.45) is 0 Å². The van der Waals surface area contributed by atoms with Gasteiger partial charge in [-0.05, 0) is 31.9 Å². The quantitative estimate of drug-likeness (QED) is 0.671. The number of carbonyl (C=O) groups is 1. The van der Waals surface area contributed by atoms with Crippen LogP contribution in [0.3, 0.4) is 0 Å². The van der Waals surface area contributed by atoms with Crippen molar-refractivity contribution in [2.75, 3.05) is 37.6 Å². The Labute approximate surface area is 169 Å². The van der Waals surface area contributed by atoms with Gasteiger partial charge in [-0.3, -0.25) is 9.69 Å². The number of hydrogen-bond acceptors (Lipinski definition) is 5. The van der Waals surface area contributed by atoms with Crippen LogP contribution in [0.25, 0.3) is 10.9 Å². The van der Waals surface area contributed by atoms with Gasteiger partial charge in [0.1, 0.15) is 0 Å². The highest BCUT2D eigenvalue weighted by molar-refractivity contribution is 7.13. The summed E-state index contributed by atoms with van der Waals surface area (Å²) in [5.41, 5.74) is 3.46. The van der Waals surface area contributed by atoms with E-state index in [4.69, 9.17) is 0 Å². The Morgan fingerprint density at radius 1 is 1.29 bits per heavy atom. The number of aryl methyl sites for hydroxylation is 1. The zero-order chi connectivity index (χ0) is 19.5. The molecule has 6 nitrogen and oxygen atoms in total. The van der Waals surface area contributed by atoms with Crippen LogP contribution in [0.2, 0.25) is 0 Å². The number of rotatable bonds is 6. The van der Waals surface area contributed by atoms with Crippen molar-refractivity contribution < 1.29 is 4.79 Å². The van der Waals surface area contributed by atoms with Gasteiger partial charge in [0.25, 0.3) is 0 Å². The van der Waals surface area contributed by atoms with E-state index in [9.17, 15) is 4.79 Å². The van der Waals surface area contributed by atoms with Crippen LogP contribution >= 0.6 is 11.3 Å². The molecule has 1 fully saturated rings. The molecule has 2 N–H and O–H groups in total.